The van der Waals surface area contributed by atoms with Gasteiger partial charge in [0.25, 0.3) is 0 Å². The molecule has 0 spiro atoms. The highest BCUT2D eigenvalue weighted by atomic mass is 16.2. The summed E-state index contributed by atoms with van der Waals surface area (Å²) in [5.41, 5.74) is 5.41. The van der Waals surface area contributed by atoms with Crippen LogP contribution in [-0.4, -0.2) is 18.4 Å². The van der Waals surface area contributed by atoms with Gasteiger partial charge in [0.15, 0.2) is 0 Å². The summed E-state index contributed by atoms with van der Waals surface area (Å²) < 4.78 is 0. The fraction of sp³-hybridized carbons (Fsp3) is 0.391. The highest BCUT2D eigenvalue weighted by molar-refractivity contribution is 5.96. The Morgan fingerprint density at radius 2 is 1.78 bits per heavy atom. The molecule has 0 saturated heterocycles. The fourth-order valence-electron chi connectivity index (χ4n) is 3.44. The summed E-state index contributed by atoms with van der Waals surface area (Å²) in [6, 6.07) is 14.3. The Morgan fingerprint density at radius 1 is 1.07 bits per heavy atom. The molecule has 0 unspecified atom stereocenters. The second-order valence-electron chi connectivity index (χ2n) is 8.26. The van der Waals surface area contributed by atoms with E-state index < -0.39 is 0 Å². The molecular weight excluding hydrogens is 336 g/mol. The van der Waals surface area contributed by atoms with Crippen molar-refractivity contribution < 1.29 is 9.59 Å². The maximum atomic E-state index is 12.3. The SMILES string of the molecule is CC(=O)N1CCc2ccc(NC(=O)CCc3ccc(C(C)(C)C)cc3)cc21. The van der Waals surface area contributed by atoms with Crippen LogP contribution in [0.25, 0.3) is 0 Å². The molecular formula is C23H28N2O2. The van der Waals surface area contributed by atoms with Crippen LogP contribution >= 0.6 is 0 Å². The quantitative estimate of drug-likeness (QED) is 0.870. The smallest absolute Gasteiger partial charge is 0.224 e. The van der Waals surface area contributed by atoms with Gasteiger partial charge in [0.2, 0.25) is 11.8 Å². The number of aryl methyl sites for hydroxylation is 1. The van der Waals surface area contributed by atoms with Gasteiger partial charge >= 0.3 is 0 Å². The standard InChI is InChI=1S/C23H28N2O2/c1-16(26)25-14-13-18-8-11-20(15-21(18)25)24-22(27)12-7-17-5-9-19(10-6-17)23(2,3)4/h5-6,8-11,15H,7,12-14H2,1-4H3,(H,24,27). The Kier molecular flexibility index (Phi) is 5.36. The Bertz CT molecular complexity index is 848. The molecule has 27 heavy (non-hydrogen) atoms. The van der Waals surface area contributed by atoms with Gasteiger partial charge in [0.05, 0.1) is 0 Å². The van der Waals surface area contributed by atoms with E-state index in [0.29, 0.717) is 19.4 Å². The van der Waals surface area contributed by atoms with E-state index in [4.69, 9.17) is 0 Å². The van der Waals surface area contributed by atoms with Crippen molar-refractivity contribution in [3.05, 3.63) is 59.2 Å². The molecule has 0 atom stereocenters. The maximum absolute atomic E-state index is 12.3. The number of hydrogen-bond donors (Lipinski definition) is 1. The second-order valence-corrected chi connectivity index (χ2v) is 8.26. The molecule has 0 saturated carbocycles. The summed E-state index contributed by atoms with van der Waals surface area (Å²) in [5, 5.41) is 2.96. The minimum Gasteiger partial charge on any atom is -0.326 e. The van der Waals surface area contributed by atoms with Crippen molar-refractivity contribution in [3.63, 3.8) is 0 Å². The van der Waals surface area contributed by atoms with Crippen molar-refractivity contribution in [2.75, 3.05) is 16.8 Å². The van der Waals surface area contributed by atoms with Gasteiger partial charge < -0.3 is 10.2 Å². The van der Waals surface area contributed by atoms with E-state index in [1.165, 1.54) is 5.56 Å². The topological polar surface area (TPSA) is 49.4 Å². The number of carbonyl (C=O) groups excluding carboxylic acids is 2. The zero-order valence-electron chi connectivity index (χ0n) is 16.6. The number of carbonyl (C=O) groups is 2. The molecule has 1 N–H and O–H groups in total. The molecule has 1 aliphatic heterocycles. The average Bonchev–Trinajstić information content (AvgIpc) is 3.03. The Labute approximate surface area is 161 Å². The molecule has 2 aromatic rings. The van der Waals surface area contributed by atoms with E-state index in [0.717, 1.165) is 28.9 Å². The van der Waals surface area contributed by atoms with Crippen molar-refractivity contribution in [1.29, 1.82) is 0 Å². The lowest BCUT2D eigenvalue weighted by molar-refractivity contribution is -0.117. The molecule has 4 nitrogen and oxygen atoms in total. The third kappa shape index (κ3) is 4.57. The van der Waals surface area contributed by atoms with Gasteiger partial charge in [-0.25, -0.2) is 0 Å². The molecule has 0 aliphatic carbocycles. The van der Waals surface area contributed by atoms with E-state index >= 15 is 0 Å². The third-order valence-electron chi connectivity index (χ3n) is 5.11. The van der Waals surface area contributed by atoms with E-state index in [1.54, 1.807) is 11.8 Å². The first-order valence-corrected chi connectivity index (χ1v) is 9.54. The molecule has 1 heterocycles. The van der Waals surface area contributed by atoms with E-state index in [9.17, 15) is 9.59 Å². The van der Waals surface area contributed by atoms with Crippen LogP contribution in [0.4, 0.5) is 11.4 Å². The number of anilines is 2. The first-order valence-electron chi connectivity index (χ1n) is 9.54. The molecule has 1 aliphatic rings. The average molecular weight is 364 g/mol. The zero-order valence-corrected chi connectivity index (χ0v) is 16.6. The molecule has 3 rings (SSSR count). The van der Waals surface area contributed by atoms with E-state index in [2.05, 4.69) is 50.4 Å². The molecule has 0 radical (unpaired) electrons. The Hall–Kier alpha value is -2.62. The highest BCUT2D eigenvalue weighted by Gasteiger charge is 2.22. The number of fused-ring (bicyclic) bond motifs is 1. The van der Waals surface area contributed by atoms with Crippen molar-refractivity contribution in [2.45, 2.75) is 52.4 Å². The van der Waals surface area contributed by atoms with E-state index in [-0.39, 0.29) is 17.2 Å². The molecule has 142 valence electrons. The summed E-state index contributed by atoms with van der Waals surface area (Å²) in [6.07, 6.45) is 2.01. The van der Waals surface area contributed by atoms with Crippen LogP contribution in [0, 0.1) is 0 Å². The van der Waals surface area contributed by atoms with Crippen LogP contribution < -0.4 is 10.2 Å². The van der Waals surface area contributed by atoms with Crippen LogP contribution in [0.1, 0.15) is 50.8 Å². The van der Waals surface area contributed by atoms with Gasteiger partial charge in [-0.1, -0.05) is 51.1 Å². The predicted octanol–water partition coefficient (Wildman–Crippen LogP) is 4.46. The number of nitrogens with zero attached hydrogens (tertiary/aromatic N) is 1. The fourth-order valence-corrected chi connectivity index (χ4v) is 3.44. The summed E-state index contributed by atoms with van der Waals surface area (Å²) in [7, 11) is 0. The monoisotopic (exact) mass is 364 g/mol. The lowest BCUT2D eigenvalue weighted by Crippen LogP contribution is -2.25. The molecule has 0 aromatic heterocycles. The van der Waals surface area contributed by atoms with Crippen LogP contribution in [-0.2, 0) is 27.8 Å². The molecule has 2 amide bonds. The second kappa shape index (κ2) is 7.55. The summed E-state index contributed by atoms with van der Waals surface area (Å²) >= 11 is 0. The van der Waals surface area contributed by atoms with Crippen LogP contribution in [0.2, 0.25) is 0 Å². The summed E-state index contributed by atoms with van der Waals surface area (Å²) in [4.78, 5) is 25.8. The van der Waals surface area contributed by atoms with Gasteiger partial charge in [-0.2, -0.15) is 0 Å². The normalized spacial score (nSPS) is 13.4. The van der Waals surface area contributed by atoms with Gasteiger partial charge in [-0.15, -0.1) is 0 Å². The van der Waals surface area contributed by atoms with Crippen molar-refractivity contribution in [1.82, 2.24) is 0 Å². The summed E-state index contributed by atoms with van der Waals surface area (Å²) in [5.74, 6) is 0.0261. The van der Waals surface area contributed by atoms with Crippen LogP contribution in [0.15, 0.2) is 42.5 Å². The summed E-state index contributed by atoms with van der Waals surface area (Å²) in [6.45, 7) is 8.87. The Morgan fingerprint density at radius 3 is 2.41 bits per heavy atom. The number of nitrogens with one attached hydrogen (secondary N) is 1. The molecule has 2 aromatic carbocycles. The molecule has 4 heteroatoms. The number of benzene rings is 2. The number of hydrogen-bond acceptors (Lipinski definition) is 2. The zero-order chi connectivity index (χ0) is 19.6. The minimum absolute atomic E-state index is 0.0118. The van der Waals surface area contributed by atoms with Crippen molar-refractivity contribution in [2.24, 2.45) is 0 Å². The van der Waals surface area contributed by atoms with Crippen LogP contribution in [0.3, 0.4) is 0 Å². The minimum atomic E-state index is -0.0118. The Balaban J connectivity index is 1.59. The number of amides is 2. The van der Waals surface area contributed by atoms with Crippen LogP contribution in [0.5, 0.6) is 0 Å². The first kappa shape index (κ1) is 19.2. The van der Waals surface area contributed by atoms with E-state index in [1.807, 2.05) is 18.2 Å². The third-order valence-corrected chi connectivity index (χ3v) is 5.11. The van der Waals surface area contributed by atoms with Gasteiger partial charge in [-0.3, -0.25) is 9.59 Å². The van der Waals surface area contributed by atoms with Gasteiger partial charge in [0, 0.05) is 31.3 Å². The molecule has 0 bridgehead atoms. The first-order chi connectivity index (χ1) is 12.7. The maximum Gasteiger partial charge on any atom is 0.224 e. The van der Waals surface area contributed by atoms with Gasteiger partial charge in [-0.05, 0) is 47.1 Å². The lowest BCUT2D eigenvalue weighted by Gasteiger charge is -2.19. The number of rotatable bonds is 4. The lowest BCUT2D eigenvalue weighted by atomic mass is 9.86. The van der Waals surface area contributed by atoms with Crippen molar-refractivity contribution in [3.8, 4) is 0 Å². The molecule has 0 fully saturated rings. The largest absolute Gasteiger partial charge is 0.326 e. The highest BCUT2D eigenvalue weighted by Crippen LogP contribution is 2.31. The van der Waals surface area contributed by atoms with Crippen molar-refractivity contribution >= 4 is 23.2 Å². The predicted molar refractivity (Wildman–Crippen MR) is 110 cm³/mol. The van der Waals surface area contributed by atoms with Gasteiger partial charge in [0.1, 0.15) is 0 Å².